The summed E-state index contributed by atoms with van der Waals surface area (Å²) in [4.78, 5) is 48.2. The molecule has 2 rings (SSSR count). The molecule has 10 heteroatoms. The van der Waals surface area contributed by atoms with E-state index in [1.807, 2.05) is 24.3 Å². The van der Waals surface area contributed by atoms with E-state index in [0.717, 1.165) is 10.0 Å². The number of nitrogens with one attached hydrogen (secondary N) is 1. The molecular formula is C20H21BrFN3O5. The van der Waals surface area contributed by atoms with E-state index in [4.69, 9.17) is 5.11 Å². The summed E-state index contributed by atoms with van der Waals surface area (Å²) in [6, 6.07) is 7.25. The van der Waals surface area contributed by atoms with Crippen LogP contribution in [0.25, 0.3) is 0 Å². The van der Waals surface area contributed by atoms with E-state index < -0.39 is 48.3 Å². The quantitative estimate of drug-likeness (QED) is 0.535. The Labute approximate surface area is 180 Å². The molecule has 2 aromatic rings. The number of aliphatic carboxylic acids is 1. The topological polar surface area (TPSA) is 118 Å². The summed E-state index contributed by atoms with van der Waals surface area (Å²) >= 11 is 3.36. The van der Waals surface area contributed by atoms with E-state index in [2.05, 4.69) is 26.3 Å². The standard InChI is InChI=1S/C20H21BrFN3O5/c1-2-14(19(29)24-16(9-18(27)28)17(26)10-22)15-6-7-23-25(20(15)30)11-12-4-3-5-13(21)8-12/h3-8,14,16H,2,9-11H2,1H3,(H,24,29)(H,27,28). The van der Waals surface area contributed by atoms with E-state index in [1.165, 1.54) is 16.9 Å². The van der Waals surface area contributed by atoms with Crippen LogP contribution in [0.1, 0.15) is 36.8 Å². The minimum atomic E-state index is -1.50. The first kappa shape index (κ1) is 23.4. The van der Waals surface area contributed by atoms with Crippen molar-refractivity contribution < 1.29 is 23.9 Å². The Morgan fingerprint density at radius 2 is 2.03 bits per heavy atom. The summed E-state index contributed by atoms with van der Waals surface area (Å²) in [6.45, 7) is 0.460. The van der Waals surface area contributed by atoms with E-state index in [1.54, 1.807) is 6.92 Å². The average molecular weight is 482 g/mol. The molecule has 1 aromatic heterocycles. The maximum absolute atomic E-state index is 12.9. The van der Waals surface area contributed by atoms with Crippen LogP contribution in [0.15, 0.2) is 45.8 Å². The van der Waals surface area contributed by atoms with Crippen molar-refractivity contribution in [3.63, 3.8) is 0 Å². The average Bonchev–Trinajstić information content (AvgIpc) is 2.69. The Morgan fingerprint density at radius 3 is 2.63 bits per heavy atom. The Kier molecular flexibility index (Phi) is 8.40. The van der Waals surface area contributed by atoms with Crippen LogP contribution < -0.4 is 10.9 Å². The van der Waals surface area contributed by atoms with Gasteiger partial charge in [0.1, 0.15) is 12.7 Å². The SMILES string of the molecule is CCC(C(=O)NC(CC(=O)O)C(=O)CF)c1ccnn(Cc2cccc(Br)c2)c1=O. The second-order valence-corrected chi connectivity index (χ2v) is 7.51. The summed E-state index contributed by atoms with van der Waals surface area (Å²) in [7, 11) is 0. The van der Waals surface area contributed by atoms with Gasteiger partial charge in [-0.25, -0.2) is 9.07 Å². The molecule has 0 radical (unpaired) electrons. The predicted molar refractivity (Wildman–Crippen MR) is 110 cm³/mol. The van der Waals surface area contributed by atoms with Gasteiger partial charge in [-0.3, -0.25) is 19.2 Å². The van der Waals surface area contributed by atoms with Crippen molar-refractivity contribution in [2.75, 3.05) is 6.67 Å². The smallest absolute Gasteiger partial charge is 0.305 e. The second-order valence-electron chi connectivity index (χ2n) is 6.60. The molecule has 0 aliphatic carbocycles. The van der Waals surface area contributed by atoms with Gasteiger partial charge in [-0.1, -0.05) is 35.0 Å². The Hall–Kier alpha value is -2.88. The lowest BCUT2D eigenvalue weighted by molar-refractivity contribution is -0.140. The lowest BCUT2D eigenvalue weighted by Gasteiger charge is -2.20. The van der Waals surface area contributed by atoms with Crippen molar-refractivity contribution in [2.45, 2.75) is 38.3 Å². The van der Waals surface area contributed by atoms with Crippen molar-refractivity contribution in [1.29, 1.82) is 0 Å². The molecular weight excluding hydrogens is 461 g/mol. The molecule has 1 aromatic carbocycles. The lowest BCUT2D eigenvalue weighted by Crippen LogP contribution is -2.45. The molecule has 0 aliphatic heterocycles. The van der Waals surface area contributed by atoms with E-state index in [9.17, 15) is 23.6 Å². The number of amides is 1. The summed E-state index contributed by atoms with van der Waals surface area (Å²) < 4.78 is 14.8. The van der Waals surface area contributed by atoms with Crippen LogP contribution >= 0.6 is 15.9 Å². The number of rotatable bonds is 10. The zero-order valence-electron chi connectivity index (χ0n) is 16.2. The molecule has 0 aliphatic rings. The molecule has 8 nitrogen and oxygen atoms in total. The molecule has 0 fully saturated rings. The number of benzene rings is 1. The molecule has 2 atom stereocenters. The van der Waals surface area contributed by atoms with Crippen molar-refractivity contribution >= 4 is 33.6 Å². The molecule has 1 heterocycles. The Morgan fingerprint density at radius 1 is 1.30 bits per heavy atom. The Bertz CT molecular complexity index is 994. The number of nitrogens with zero attached hydrogens (tertiary/aromatic N) is 2. The molecule has 160 valence electrons. The van der Waals surface area contributed by atoms with Crippen LogP contribution in [0.4, 0.5) is 4.39 Å². The van der Waals surface area contributed by atoms with E-state index in [0.29, 0.717) is 0 Å². The summed E-state index contributed by atoms with van der Waals surface area (Å²) in [6.07, 6.45) is 0.867. The van der Waals surface area contributed by atoms with Gasteiger partial charge >= 0.3 is 5.97 Å². The largest absolute Gasteiger partial charge is 0.481 e. The zero-order chi connectivity index (χ0) is 22.3. The second kappa shape index (κ2) is 10.8. The summed E-state index contributed by atoms with van der Waals surface area (Å²) in [5.41, 5.74) is 0.497. The fourth-order valence-corrected chi connectivity index (χ4v) is 3.43. The van der Waals surface area contributed by atoms with Crippen LogP contribution in [0, 0.1) is 0 Å². The summed E-state index contributed by atoms with van der Waals surface area (Å²) in [5.74, 6) is -4.06. The number of ketones is 1. The summed E-state index contributed by atoms with van der Waals surface area (Å²) in [5, 5.41) is 15.2. The van der Waals surface area contributed by atoms with Gasteiger partial charge in [-0.15, -0.1) is 0 Å². The van der Waals surface area contributed by atoms with Gasteiger partial charge in [-0.2, -0.15) is 5.10 Å². The molecule has 2 N–H and O–H groups in total. The van der Waals surface area contributed by atoms with Gasteiger partial charge in [0.2, 0.25) is 5.91 Å². The molecule has 0 bridgehead atoms. The van der Waals surface area contributed by atoms with E-state index in [-0.39, 0.29) is 18.5 Å². The highest BCUT2D eigenvalue weighted by Crippen LogP contribution is 2.17. The number of carbonyl (C=O) groups excluding carboxylic acids is 2. The number of hydrogen-bond donors (Lipinski definition) is 2. The molecule has 0 spiro atoms. The highest BCUT2D eigenvalue weighted by atomic mass is 79.9. The number of carboxylic acid groups (broad SMARTS) is 1. The highest BCUT2D eigenvalue weighted by Gasteiger charge is 2.29. The van der Waals surface area contributed by atoms with Gasteiger partial charge < -0.3 is 10.4 Å². The molecule has 0 saturated carbocycles. The fraction of sp³-hybridized carbons (Fsp3) is 0.350. The number of hydrogen-bond acceptors (Lipinski definition) is 5. The first-order valence-corrected chi connectivity index (χ1v) is 9.97. The van der Waals surface area contributed by atoms with Crippen LogP contribution in [-0.2, 0) is 20.9 Å². The lowest BCUT2D eigenvalue weighted by atomic mass is 9.96. The third-order valence-corrected chi connectivity index (χ3v) is 4.97. The van der Waals surface area contributed by atoms with Crippen LogP contribution in [0.2, 0.25) is 0 Å². The van der Waals surface area contributed by atoms with Crippen molar-refractivity contribution in [1.82, 2.24) is 15.1 Å². The van der Waals surface area contributed by atoms with Gasteiger partial charge in [0.25, 0.3) is 5.56 Å². The maximum Gasteiger partial charge on any atom is 0.305 e. The maximum atomic E-state index is 12.9. The number of carbonyl (C=O) groups is 3. The highest BCUT2D eigenvalue weighted by molar-refractivity contribution is 9.10. The van der Waals surface area contributed by atoms with Crippen LogP contribution in [-0.4, -0.2) is 45.3 Å². The molecule has 2 unspecified atom stereocenters. The third kappa shape index (κ3) is 6.06. The normalized spacial score (nSPS) is 12.8. The van der Waals surface area contributed by atoms with E-state index >= 15 is 0 Å². The molecule has 0 saturated heterocycles. The molecule has 1 amide bonds. The predicted octanol–water partition coefficient (Wildman–Crippen LogP) is 2.05. The number of alkyl halides is 1. The monoisotopic (exact) mass is 481 g/mol. The fourth-order valence-electron chi connectivity index (χ4n) is 2.98. The number of aromatic nitrogens is 2. The number of Topliss-reactive ketones (excluding diaryl/α,β-unsaturated/α-hetero) is 1. The first-order valence-electron chi connectivity index (χ1n) is 9.18. The number of halogens is 2. The van der Waals surface area contributed by atoms with Crippen molar-refractivity contribution in [2.24, 2.45) is 0 Å². The Balaban J connectivity index is 2.29. The van der Waals surface area contributed by atoms with Crippen molar-refractivity contribution in [3.8, 4) is 0 Å². The van der Waals surface area contributed by atoms with Gasteiger partial charge in [0, 0.05) is 16.2 Å². The van der Waals surface area contributed by atoms with Gasteiger partial charge in [0.15, 0.2) is 5.78 Å². The minimum absolute atomic E-state index is 0.154. The molecule has 30 heavy (non-hydrogen) atoms. The van der Waals surface area contributed by atoms with Crippen LogP contribution in [0.5, 0.6) is 0 Å². The first-order chi connectivity index (χ1) is 14.3. The third-order valence-electron chi connectivity index (χ3n) is 4.48. The zero-order valence-corrected chi connectivity index (χ0v) is 17.8. The van der Waals surface area contributed by atoms with Gasteiger partial charge in [0.05, 0.1) is 18.9 Å². The van der Waals surface area contributed by atoms with Gasteiger partial charge in [-0.05, 0) is 30.2 Å². The minimum Gasteiger partial charge on any atom is -0.481 e. The number of carboxylic acids is 1. The van der Waals surface area contributed by atoms with Crippen molar-refractivity contribution in [3.05, 3.63) is 62.5 Å². The van der Waals surface area contributed by atoms with Crippen LogP contribution in [0.3, 0.4) is 0 Å².